The summed E-state index contributed by atoms with van der Waals surface area (Å²) in [5, 5.41) is 19.1. The molecule has 0 fully saturated rings. The molecule has 1 aromatic rings. The van der Waals surface area contributed by atoms with E-state index in [-0.39, 0.29) is 6.42 Å². The lowest BCUT2D eigenvalue weighted by atomic mass is 9.79. The van der Waals surface area contributed by atoms with Gasteiger partial charge in [0.25, 0.3) is 0 Å². The van der Waals surface area contributed by atoms with Gasteiger partial charge in [0.15, 0.2) is 0 Å². The summed E-state index contributed by atoms with van der Waals surface area (Å²) in [6.45, 7) is 0. The van der Waals surface area contributed by atoms with Crippen LogP contribution in [-0.2, 0) is 23.9 Å². The van der Waals surface area contributed by atoms with Gasteiger partial charge in [-0.3, -0.25) is 4.79 Å². The van der Waals surface area contributed by atoms with E-state index in [1.807, 2.05) is 24.0 Å². The van der Waals surface area contributed by atoms with Crippen LogP contribution in [0.3, 0.4) is 0 Å². The average Bonchev–Trinajstić information content (AvgIpc) is 2.45. The van der Waals surface area contributed by atoms with E-state index >= 15 is 0 Å². The Labute approximate surface area is 88.1 Å². The van der Waals surface area contributed by atoms with Crippen molar-refractivity contribution in [2.24, 2.45) is 7.05 Å². The molecule has 0 aromatic carbocycles. The standard InChI is InChI=1S/C11H15NO3/c1-12-6-8-3-2-4-11(15,5-10(13)14)9(8)7-12/h6-7,15H,2-5H2,1H3,(H,13,14). The molecule has 1 atom stereocenters. The number of carboxylic acid groups (broad SMARTS) is 1. The summed E-state index contributed by atoms with van der Waals surface area (Å²) in [5.41, 5.74) is 0.701. The molecule has 82 valence electrons. The van der Waals surface area contributed by atoms with E-state index in [0.29, 0.717) is 6.42 Å². The third-order valence-corrected chi connectivity index (χ3v) is 3.02. The summed E-state index contributed by atoms with van der Waals surface area (Å²) in [5.74, 6) is -0.950. The number of aromatic nitrogens is 1. The molecule has 0 aliphatic heterocycles. The Kier molecular flexibility index (Phi) is 2.31. The number of aliphatic carboxylic acids is 1. The van der Waals surface area contributed by atoms with E-state index in [4.69, 9.17) is 5.11 Å². The van der Waals surface area contributed by atoms with Crippen LogP contribution in [0, 0.1) is 0 Å². The molecule has 1 aliphatic carbocycles. The Morgan fingerprint density at radius 1 is 1.60 bits per heavy atom. The minimum absolute atomic E-state index is 0.204. The third-order valence-electron chi connectivity index (χ3n) is 3.02. The average molecular weight is 209 g/mol. The van der Waals surface area contributed by atoms with Crippen molar-refractivity contribution < 1.29 is 15.0 Å². The number of hydrogen-bond acceptors (Lipinski definition) is 2. The molecule has 0 bridgehead atoms. The lowest BCUT2D eigenvalue weighted by Crippen LogP contribution is -2.32. The number of rotatable bonds is 2. The van der Waals surface area contributed by atoms with Crippen LogP contribution in [-0.4, -0.2) is 20.7 Å². The quantitative estimate of drug-likeness (QED) is 0.764. The number of carboxylic acids is 1. The maximum Gasteiger partial charge on any atom is 0.306 e. The van der Waals surface area contributed by atoms with Gasteiger partial charge in [-0.15, -0.1) is 0 Å². The Bertz CT molecular complexity index is 397. The normalized spacial score (nSPS) is 24.9. The molecule has 1 aromatic heterocycles. The van der Waals surface area contributed by atoms with Crippen molar-refractivity contribution >= 4 is 5.97 Å². The first-order chi connectivity index (χ1) is 7.01. The highest BCUT2D eigenvalue weighted by Gasteiger charge is 2.37. The van der Waals surface area contributed by atoms with Gasteiger partial charge in [-0.2, -0.15) is 0 Å². The fourth-order valence-corrected chi connectivity index (χ4v) is 2.40. The van der Waals surface area contributed by atoms with Crippen molar-refractivity contribution in [2.75, 3.05) is 0 Å². The summed E-state index contributed by atoms with van der Waals surface area (Å²) in [7, 11) is 1.89. The molecule has 0 amide bonds. The Balaban J connectivity index is 2.39. The van der Waals surface area contributed by atoms with Crippen molar-refractivity contribution in [3.63, 3.8) is 0 Å². The second kappa shape index (κ2) is 3.38. The monoisotopic (exact) mass is 209 g/mol. The van der Waals surface area contributed by atoms with E-state index in [1.54, 1.807) is 0 Å². The van der Waals surface area contributed by atoms with Gasteiger partial charge in [-0.05, 0) is 24.8 Å². The van der Waals surface area contributed by atoms with Crippen LogP contribution in [0.4, 0.5) is 0 Å². The highest BCUT2D eigenvalue weighted by atomic mass is 16.4. The summed E-state index contributed by atoms with van der Waals surface area (Å²) >= 11 is 0. The maximum absolute atomic E-state index is 10.7. The van der Waals surface area contributed by atoms with Gasteiger partial charge in [-0.1, -0.05) is 0 Å². The Hall–Kier alpha value is -1.29. The van der Waals surface area contributed by atoms with E-state index in [0.717, 1.165) is 24.0 Å². The molecule has 1 aliphatic rings. The Morgan fingerprint density at radius 3 is 3.00 bits per heavy atom. The summed E-state index contributed by atoms with van der Waals surface area (Å²) in [4.78, 5) is 10.7. The summed E-state index contributed by atoms with van der Waals surface area (Å²) in [6.07, 6.45) is 5.90. The van der Waals surface area contributed by atoms with Crippen LogP contribution in [0.2, 0.25) is 0 Å². The lowest BCUT2D eigenvalue weighted by Gasteiger charge is -2.30. The molecular formula is C11H15NO3. The molecule has 1 unspecified atom stereocenters. The predicted octanol–water partition coefficient (Wildman–Crippen LogP) is 1.02. The minimum atomic E-state index is -1.17. The zero-order valence-electron chi connectivity index (χ0n) is 8.73. The SMILES string of the molecule is Cn1cc2c(c1)C(O)(CC(=O)O)CCC2. The smallest absolute Gasteiger partial charge is 0.306 e. The predicted molar refractivity (Wildman–Crippen MR) is 54.5 cm³/mol. The van der Waals surface area contributed by atoms with E-state index in [1.165, 1.54) is 0 Å². The van der Waals surface area contributed by atoms with Gasteiger partial charge in [-0.25, -0.2) is 0 Å². The summed E-state index contributed by atoms with van der Waals surface area (Å²) in [6, 6.07) is 0. The highest BCUT2D eigenvalue weighted by molar-refractivity contribution is 5.69. The van der Waals surface area contributed by atoms with E-state index < -0.39 is 11.6 Å². The molecule has 0 saturated carbocycles. The number of fused-ring (bicyclic) bond motifs is 1. The number of carbonyl (C=O) groups is 1. The second-order valence-corrected chi connectivity index (χ2v) is 4.32. The largest absolute Gasteiger partial charge is 0.481 e. The van der Waals surface area contributed by atoms with Gasteiger partial charge in [0.05, 0.1) is 6.42 Å². The van der Waals surface area contributed by atoms with Gasteiger partial charge in [0, 0.05) is 25.0 Å². The van der Waals surface area contributed by atoms with Gasteiger partial charge in [0.2, 0.25) is 0 Å². The number of nitrogens with zero attached hydrogens (tertiary/aromatic N) is 1. The first-order valence-corrected chi connectivity index (χ1v) is 5.11. The van der Waals surface area contributed by atoms with Crippen LogP contribution in [0.1, 0.15) is 30.4 Å². The molecular weight excluding hydrogens is 194 g/mol. The first kappa shape index (κ1) is 10.2. The van der Waals surface area contributed by atoms with Crippen LogP contribution < -0.4 is 0 Å². The van der Waals surface area contributed by atoms with Crippen LogP contribution in [0.15, 0.2) is 12.4 Å². The fourth-order valence-electron chi connectivity index (χ4n) is 2.40. The van der Waals surface area contributed by atoms with Crippen molar-refractivity contribution in [2.45, 2.75) is 31.3 Å². The lowest BCUT2D eigenvalue weighted by molar-refractivity contribution is -0.143. The number of hydrogen-bond donors (Lipinski definition) is 2. The molecule has 15 heavy (non-hydrogen) atoms. The molecule has 0 spiro atoms. The number of aryl methyl sites for hydroxylation is 2. The van der Waals surface area contributed by atoms with Crippen molar-refractivity contribution in [3.05, 3.63) is 23.5 Å². The topological polar surface area (TPSA) is 62.5 Å². The second-order valence-electron chi connectivity index (χ2n) is 4.32. The number of aliphatic hydroxyl groups is 1. The summed E-state index contributed by atoms with van der Waals surface area (Å²) < 4.78 is 1.88. The zero-order valence-corrected chi connectivity index (χ0v) is 8.73. The maximum atomic E-state index is 10.7. The van der Waals surface area contributed by atoms with Gasteiger partial charge in [0.1, 0.15) is 5.60 Å². The van der Waals surface area contributed by atoms with Gasteiger partial charge < -0.3 is 14.8 Å². The first-order valence-electron chi connectivity index (χ1n) is 5.11. The molecule has 1 heterocycles. The third kappa shape index (κ3) is 1.77. The van der Waals surface area contributed by atoms with Gasteiger partial charge >= 0.3 is 5.97 Å². The molecule has 0 saturated heterocycles. The molecule has 4 nitrogen and oxygen atoms in total. The van der Waals surface area contributed by atoms with Crippen LogP contribution in [0.25, 0.3) is 0 Å². The van der Waals surface area contributed by atoms with E-state index in [2.05, 4.69) is 0 Å². The Morgan fingerprint density at radius 2 is 2.33 bits per heavy atom. The van der Waals surface area contributed by atoms with Crippen molar-refractivity contribution in [3.8, 4) is 0 Å². The molecule has 4 heteroatoms. The molecule has 2 rings (SSSR count). The zero-order chi connectivity index (χ0) is 11.1. The van der Waals surface area contributed by atoms with Crippen molar-refractivity contribution in [1.29, 1.82) is 0 Å². The molecule has 0 radical (unpaired) electrons. The van der Waals surface area contributed by atoms with Crippen molar-refractivity contribution in [1.82, 2.24) is 4.57 Å². The molecule has 2 N–H and O–H groups in total. The van der Waals surface area contributed by atoms with Crippen LogP contribution in [0.5, 0.6) is 0 Å². The van der Waals surface area contributed by atoms with Crippen LogP contribution >= 0.6 is 0 Å². The fraction of sp³-hybridized carbons (Fsp3) is 0.545. The minimum Gasteiger partial charge on any atom is -0.481 e. The highest BCUT2D eigenvalue weighted by Crippen LogP contribution is 2.38. The van der Waals surface area contributed by atoms with E-state index in [9.17, 15) is 9.90 Å².